The van der Waals surface area contributed by atoms with Crippen LogP contribution in [0.25, 0.3) is 17.0 Å². The highest BCUT2D eigenvalue weighted by Crippen LogP contribution is 2.24. The molecule has 1 N–H and O–H groups in total. The standard InChI is InChI=1S/C22H22N4O3/c1-4-26(5-2)16-9-8-14-11-18(22(28)29-19(14)13-16)20-17(21(27)24-23-20)12-15-7-6-10-25(15)3/h6-13H,4-5H2,1-3H3,(H,24,27)/b17-12-. The quantitative estimate of drug-likeness (QED) is 0.537. The number of aromatic nitrogens is 1. The van der Waals surface area contributed by atoms with E-state index in [-0.39, 0.29) is 11.5 Å². The smallest absolute Gasteiger partial charge is 0.345 e. The molecule has 1 aliphatic rings. The van der Waals surface area contributed by atoms with Gasteiger partial charge in [0.2, 0.25) is 0 Å². The number of anilines is 1. The number of rotatable bonds is 5. The Morgan fingerprint density at radius 1 is 1.17 bits per heavy atom. The zero-order chi connectivity index (χ0) is 20.5. The highest BCUT2D eigenvalue weighted by molar-refractivity contribution is 6.33. The SMILES string of the molecule is CCN(CC)c1ccc2cc(C3=NNC(=O)/C3=C\c3cccn3C)c(=O)oc2c1. The molecule has 0 aliphatic carbocycles. The van der Waals surface area contributed by atoms with E-state index in [4.69, 9.17) is 4.42 Å². The summed E-state index contributed by atoms with van der Waals surface area (Å²) in [6, 6.07) is 11.3. The van der Waals surface area contributed by atoms with Crippen LogP contribution in [-0.4, -0.2) is 29.3 Å². The first-order chi connectivity index (χ1) is 14.0. The van der Waals surface area contributed by atoms with Gasteiger partial charge in [0.05, 0.1) is 11.1 Å². The maximum Gasteiger partial charge on any atom is 0.345 e. The molecule has 3 aromatic rings. The predicted octanol–water partition coefficient (Wildman–Crippen LogP) is 2.90. The van der Waals surface area contributed by atoms with Gasteiger partial charge >= 0.3 is 5.63 Å². The van der Waals surface area contributed by atoms with Crippen molar-refractivity contribution in [3.05, 3.63) is 69.8 Å². The van der Waals surface area contributed by atoms with E-state index in [1.165, 1.54) is 0 Å². The van der Waals surface area contributed by atoms with Crippen molar-refractivity contribution in [1.29, 1.82) is 0 Å². The molecule has 1 aromatic carbocycles. The van der Waals surface area contributed by atoms with Crippen molar-refractivity contribution in [1.82, 2.24) is 9.99 Å². The maximum atomic E-state index is 12.7. The first-order valence-corrected chi connectivity index (χ1v) is 9.56. The maximum absolute atomic E-state index is 12.7. The Balaban J connectivity index is 1.79. The van der Waals surface area contributed by atoms with Gasteiger partial charge in [-0.15, -0.1) is 0 Å². The minimum Gasteiger partial charge on any atom is -0.422 e. The van der Waals surface area contributed by atoms with Crippen molar-refractivity contribution in [2.45, 2.75) is 13.8 Å². The lowest BCUT2D eigenvalue weighted by Gasteiger charge is -2.21. The Morgan fingerprint density at radius 3 is 2.66 bits per heavy atom. The molecule has 0 saturated carbocycles. The zero-order valence-electron chi connectivity index (χ0n) is 16.6. The number of hydrazone groups is 1. The van der Waals surface area contributed by atoms with E-state index in [0.29, 0.717) is 16.9 Å². The summed E-state index contributed by atoms with van der Waals surface area (Å²) >= 11 is 0. The van der Waals surface area contributed by atoms with Crippen molar-refractivity contribution in [3.63, 3.8) is 0 Å². The topological polar surface area (TPSA) is 79.8 Å². The Bertz CT molecular complexity index is 1210. The molecule has 2 aromatic heterocycles. The van der Waals surface area contributed by atoms with E-state index < -0.39 is 5.63 Å². The van der Waals surface area contributed by atoms with Crippen LogP contribution < -0.4 is 16.0 Å². The molecule has 0 spiro atoms. The van der Waals surface area contributed by atoms with E-state index in [2.05, 4.69) is 29.3 Å². The van der Waals surface area contributed by atoms with Gasteiger partial charge in [0, 0.05) is 49.2 Å². The van der Waals surface area contributed by atoms with Crippen molar-refractivity contribution in [2.24, 2.45) is 12.1 Å². The molecule has 29 heavy (non-hydrogen) atoms. The number of benzene rings is 1. The molecule has 0 radical (unpaired) electrons. The third kappa shape index (κ3) is 3.35. The van der Waals surface area contributed by atoms with E-state index in [0.717, 1.165) is 29.9 Å². The summed E-state index contributed by atoms with van der Waals surface area (Å²) in [7, 11) is 1.88. The third-order valence-corrected chi connectivity index (χ3v) is 5.15. The second kappa shape index (κ2) is 7.43. The van der Waals surface area contributed by atoms with Gasteiger partial charge in [0.15, 0.2) is 0 Å². The summed E-state index contributed by atoms with van der Waals surface area (Å²) in [5.74, 6) is -0.349. The molecular formula is C22H22N4O3. The molecule has 0 saturated heterocycles. The van der Waals surface area contributed by atoms with E-state index in [1.807, 2.05) is 48.1 Å². The lowest BCUT2D eigenvalue weighted by atomic mass is 10.0. The fraction of sp³-hybridized carbons (Fsp3) is 0.227. The van der Waals surface area contributed by atoms with Crippen LogP contribution in [0.15, 0.2) is 62.5 Å². The summed E-state index contributed by atoms with van der Waals surface area (Å²) < 4.78 is 7.48. The molecule has 7 nitrogen and oxygen atoms in total. The molecule has 1 amide bonds. The third-order valence-electron chi connectivity index (χ3n) is 5.15. The van der Waals surface area contributed by atoms with Crippen LogP contribution in [0, 0.1) is 0 Å². The molecule has 148 valence electrons. The summed E-state index contributed by atoms with van der Waals surface area (Å²) in [5, 5.41) is 4.86. The van der Waals surface area contributed by atoms with Crippen molar-refractivity contribution < 1.29 is 9.21 Å². The van der Waals surface area contributed by atoms with Crippen LogP contribution in [0.2, 0.25) is 0 Å². The fourth-order valence-electron chi connectivity index (χ4n) is 3.50. The predicted molar refractivity (Wildman–Crippen MR) is 114 cm³/mol. The second-order valence-corrected chi connectivity index (χ2v) is 6.85. The summed E-state index contributed by atoms with van der Waals surface area (Å²) in [5.41, 5.74) is 5.14. The molecular weight excluding hydrogens is 368 g/mol. The molecule has 4 rings (SSSR count). The molecule has 1 aliphatic heterocycles. The Morgan fingerprint density at radius 2 is 1.97 bits per heavy atom. The summed E-state index contributed by atoms with van der Waals surface area (Å²) in [4.78, 5) is 27.2. The molecule has 7 heteroatoms. The van der Waals surface area contributed by atoms with Gasteiger partial charge in [-0.3, -0.25) is 4.79 Å². The van der Waals surface area contributed by atoms with E-state index >= 15 is 0 Å². The number of aryl methyl sites for hydroxylation is 1. The van der Waals surface area contributed by atoms with Crippen LogP contribution in [0.3, 0.4) is 0 Å². The Kier molecular flexibility index (Phi) is 4.80. The number of carbonyl (C=O) groups excluding carboxylic acids is 1. The second-order valence-electron chi connectivity index (χ2n) is 6.85. The van der Waals surface area contributed by atoms with Crippen molar-refractivity contribution in [2.75, 3.05) is 18.0 Å². The number of hydrogen-bond acceptors (Lipinski definition) is 5. The highest BCUT2D eigenvalue weighted by Gasteiger charge is 2.27. The van der Waals surface area contributed by atoms with Crippen LogP contribution in [0.5, 0.6) is 0 Å². The van der Waals surface area contributed by atoms with Crippen LogP contribution in [0.4, 0.5) is 5.69 Å². The number of hydrogen-bond donors (Lipinski definition) is 1. The Hall–Kier alpha value is -3.61. The normalized spacial score (nSPS) is 15.1. The van der Waals surface area contributed by atoms with E-state index in [1.54, 1.807) is 12.1 Å². The molecule has 0 fully saturated rings. The average Bonchev–Trinajstić information content (AvgIpc) is 3.28. The minimum atomic E-state index is -0.526. The van der Waals surface area contributed by atoms with Gasteiger partial charge in [0.25, 0.3) is 5.91 Å². The van der Waals surface area contributed by atoms with E-state index in [9.17, 15) is 9.59 Å². The summed E-state index contributed by atoms with van der Waals surface area (Å²) in [6.45, 7) is 5.88. The number of carbonyl (C=O) groups is 1. The number of amides is 1. The first kappa shape index (κ1) is 18.7. The Labute approximate surface area is 167 Å². The fourth-order valence-corrected chi connectivity index (χ4v) is 3.50. The summed E-state index contributed by atoms with van der Waals surface area (Å²) in [6.07, 6.45) is 3.60. The molecule has 0 atom stereocenters. The van der Waals surface area contributed by atoms with Crippen LogP contribution in [0.1, 0.15) is 25.1 Å². The van der Waals surface area contributed by atoms with Gasteiger partial charge < -0.3 is 13.9 Å². The highest BCUT2D eigenvalue weighted by atomic mass is 16.4. The minimum absolute atomic E-state index is 0.256. The monoisotopic (exact) mass is 390 g/mol. The van der Waals surface area contributed by atoms with Gasteiger partial charge in [-0.05, 0) is 50.3 Å². The zero-order valence-corrected chi connectivity index (χ0v) is 16.6. The molecule has 3 heterocycles. The van der Waals surface area contributed by atoms with Gasteiger partial charge in [-0.1, -0.05) is 0 Å². The van der Waals surface area contributed by atoms with Crippen molar-refractivity contribution >= 4 is 34.4 Å². The van der Waals surface area contributed by atoms with Crippen LogP contribution >= 0.6 is 0 Å². The number of nitrogens with zero attached hydrogens (tertiary/aromatic N) is 3. The first-order valence-electron chi connectivity index (χ1n) is 9.56. The van der Waals surface area contributed by atoms with Gasteiger partial charge in [-0.2, -0.15) is 5.10 Å². The average molecular weight is 390 g/mol. The largest absolute Gasteiger partial charge is 0.422 e. The van der Waals surface area contributed by atoms with Crippen LogP contribution in [-0.2, 0) is 11.8 Å². The lowest BCUT2D eigenvalue weighted by molar-refractivity contribution is -0.116. The van der Waals surface area contributed by atoms with Gasteiger partial charge in [0.1, 0.15) is 11.3 Å². The molecule has 0 bridgehead atoms. The number of fused-ring (bicyclic) bond motifs is 1. The van der Waals surface area contributed by atoms with Crippen molar-refractivity contribution in [3.8, 4) is 0 Å². The lowest BCUT2D eigenvalue weighted by Crippen LogP contribution is -2.21. The molecule has 0 unspecified atom stereocenters. The number of nitrogens with one attached hydrogen (secondary N) is 1. The van der Waals surface area contributed by atoms with Gasteiger partial charge in [-0.25, -0.2) is 10.2 Å².